The highest BCUT2D eigenvalue weighted by Gasteiger charge is 2.15. The molecule has 0 spiro atoms. The minimum atomic E-state index is -0.627. The SMILES string of the molecule is C[C@H](N)[C@H](O)c1ccc(Br)c2ccccc12. The Kier molecular flexibility index (Phi) is 3.28. The van der Waals surface area contributed by atoms with Gasteiger partial charge < -0.3 is 10.8 Å². The van der Waals surface area contributed by atoms with Crippen molar-refractivity contribution in [3.05, 3.63) is 46.4 Å². The second kappa shape index (κ2) is 4.53. The molecule has 84 valence electrons. The topological polar surface area (TPSA) is 46.2 Å². The van der Waals surface area contributed by atoms with Crippen LogP contribution in [0.3, 0.4) is 0 Å². The molecule has 16 heavy (non-hydrogen) atoms. The zero-order chi connectivity index (χ0) is 11.7. The minimum absolute atomic E-state index is 0.274. The number of hydrogen-bond acceptors (Lipinski definition) is 2. The predicted octanol–water partition coefficient (Wildman–Crippen LogP) is 2.98. The van der Waals surface area contributed by atoms with Crippen molar-refractivity contribution in [1.82, 2.24) is 0 Å². The number of hydrogen-bond donors (Lipinski definition) is 2. The van der Waals surface area contributed by atoms with Crippen molar-refractivity contribution < 1.29 is 5.11 Å². The highest BCUT2D eigenvalue weighted by Crippen LogP contribution is 2.30. The summed E-state index contributed by atoms with van der Waals surface area (Å²) >= 11 is 3.50. The largest absolute Gasteiger partial charge is 0.387 e. The molecular formula is C13H14BrNO. The fourth-order valence-electron chi connectivity index (χ4n) is 1.83. The van der Waals surface area contributed by atoms with Crippen LogP contribution in [0.15, 0.2) is 40.9 Å². The Morgan fingerprint density at radius 2 is 1.75 bits per heavy atom. The van der Waals surface area contributed by atoms with Gasteiger partial charge in [-0.3, -0.25) is 0 Å². The lowest BCUT2D eigenvalue weighted by Gasteiger charge is -2.17. The Morgan fingerprint density at radius 1 is 1.12 bits per heavy atom. The second-order valence-electron chi connectivity index (χ2n) is 3.99. The van der Waals surface area contributed by atoms with E-state index < -0.39 is 6.10 Å². The Balaban J connectivity index is 2.67. The standard InChI is InChI=1S/C13H14BrNO/c1-8(15)13(16)11-6-7-12(14)10-5-3-2-4-9(10)11/h2-8,13,16H,15H2,1H3/t8-,13-/m0/s1. The van der Waals surface area contributed by atoms with E-state index in [4.69, 9.17) is 5.73 Å². The molecule has 0 aliphatic heterocycles. The van der Waals surface area contributed by atoms with Crippen LogP contribution in [0.4, 0.5) is 0 Å². The van der Waals surface area contributed by atoms with E-state index in [9.17, 15) is 5.11 Å². The zero-order valence-electron chi connectivity index (χ0n) is 9.02. The van der Waals surface area contributed by atoms with E-state index in [1.165, 1.54) is 0 Å². The third kappa shape index (κ3) is 1.98. The minimum Gasteiger partial charge on any atom is -0.387 e. The van der Waals surface area contributed by atoms with Crippen molar-refractivity contribution in [2.75, 3.05) is 0 Å². The Morgan fingerprint density at radius 3 is 2.38 bits per heavy atom. The number of nitrogens with two attached hydrogens (primary N) is 1. The molecule has 0 saturated heterocycles. The maximum atomic E-state index is 10.0. The molecule has 0 aromatic heterocycles. The zero-order valence-corrected chi connectivity index (χ0v) is 10.6. The maximum absolute atomic E-state index is 10.0. The number of benzene rings is 2. The molecule has 3 N–H and O–H groups in total. The lowest BCUT2D eigenvalue weighted by atomic mass is 9.97. The molecule has 0 fully saturated rings. The number of halogens is 1. The lowest BCUT2D eigenvalue weighted by Crippen LogP contribution is -2.24. The molecule has 2 atom stereocenters. The first-order valence-corrected chi connectivity index (χ1v) is 6.01. The quantitative estimate of drug-likeness (QED) is 0.888. The first kappa shape index (κ1) is 11.6. The molecule has 0 aliphatic carbocycles. The van der Waals surface area contributed by atoms with Gasteiger partial charge in [0.1, 0.15) is 0 Å². The van der Waals surface area contributed by atoms with E-state index >= 15 is 0 Å². The van der Waals surface area contributed by atoms with Crippen LogP contribution in [0, 0.1) is 0 Å². The van der Waals surface area contributed by atoms with Gasteiger partial charge in [0, 0.05) is 10.5 Å². The average Bonchev–Trinajstić information content (AvgIpc) is 2.29. The Bertz CT molecular complexity index is 510. The van der Waals surface area contributed by atoms with Gasteiger partial charge in [0.2, 0.25) is 0 Å². The van der Waals surface area contributed by atoms with Crippen molar-refractivity contribution in [3.63, 3.8) is 0 Å². The van der Waals surface area contributed by atoms with Gasteiger partial charge in [0.05, 0.1) is 6.10 Å². The third-order valence-corrected chi connectivity index (χ3v) is 3.41. The molecule has 0 amide bonds. The summed E-state index contributed by atoms with van der Waals surface area (Å²) in [4.78, 5) is 0. The van der Waals surface area contributed by atoms with Crippen molar-refractivity contribution >= 4 is 26.7 Å². The van der Waals surface area contributed by atoms with Crippen LogP contribution < -0.4 is 5.73 Å². The number of fused-ring (bicyclic) bond motifs is 1. The van der Waals surface area contributed by atoms with Crippen LogP contribution in [-0.2, 0) is 0 Å². The van der Waals surface area contributed by atoms with E-state index in [0.29, 0.717) is 0 Å². The molecule has 0 unspecified atom stereocenters. The van der Waals surface area contributed by atoms with Gasteiger partial charge in [-0.1, -0.05) is 46.3 Å². The van der Waals surface area contributed by atoms with Gasteiger partial charge in [0.15, 0.2) is 0 Å². The molecule has 0 saturated carbocycles. The van der Waals surface area contributed by atoms with E-state index in [-0.39, 0.29) is 6.04 Å². The number of aliphatic hydroxyl groups excluding tert-OH is 1. The first-order valence-electron chi connectivity index (χ1n) is 5.22. The fraction of sp³-hybridized carbons (Fsp3) is 0.231. The van der Waals surface area contributed by atoms with Crippen LogP contribution in [-0.4, -0.2) is 11.1 Å². The fourth-order valence-corrected chi connectivity index (χ4v) is 2.30. The molecule has 2 aromatic carbocycles. The average molecular weight is 280 g/mol. The van der Waals surface area contributed by atoms with Crippen LogP contribution in [0.2, 0.25) is 0 Å². The van der Waals surface area contributed by atoms with Gasteiger partial charge in [-0.05, 0) is 29.3 Å². The number of rotatable bonds is 2. The second-order valence-corrected chi connectivity index (χ2v) is 4.84. The molecule has 0 heterocycles. The van der Waals surface area contributed by atoms with E-state index in [1.807, 2.05) is 43.3 Å². The monoisotopic (exact) mass is 279 g/mol. The van der Waals surface area contributed by atoms with Gasteiger partial charge in [0.25, 0.3) is 0 Å². The maximum Gasteiger partial charge on any atom is 0.0944 e. The van der Waals surface area contributed by atoms with E-state index in [1.54, 1.807) is 0 Å². The van der Waals surface area contributed by atoms with Gasteiger partial charge in [-0.15, -0.1) is 0 Å². The smallest absolute Gasteiger partial charge is 0.0944 e. The summed E-state index contributed by atoms with van der Waals surface area (Å²) in [5.41, 5.74) is 6.62. The first-order chi connectivity index (χ1) is 7.61. The summed E-state index contributed by atoms with van der Waals surface area (Å²) < 4.78 is 1.03. The molecular weight excluding hydrogens is 266 g/mol. The summed E-state index contributed by atoms with van der Waals surface area (Å²) in [5.74, 6) is 0. The summed E-state index contributed by atoms with van der Waals surface area (Å²) in [5, 5.41) is 12.2. The van der Waals surface area contributed by atoms with Gasteiger partial charge >= 0.3 is 0 Å². The molecule has 2 aromatic rings. The highest BCUT2D eigenvalue weighted by molar-refractivity contribution is 9.10. The van der Waals surface area contributed by atoms with Gasteiger partial charge in [-0.2, -0.15) is 0 Å². The van der Waals surface area contributed by atoms with Crippen LogP contribution in [0.5, 0.6) is 0 Å². The van der Waals surface area contributed by atoms with Crippen molar-refractivity contribution in [1.29, 1.82) is 0 Å². The normalized spacial score (nSPS) is 15.0. The molecule has 3 heteroatoms. The van der Waals surface area contributed by atoms with E-state index in [0.717, 1.165) is 20.8 Å². The summed E-state index contributed by atoms with van der Waals surface area (Å²) in [6.45, 7) is 1.81. The van der Waals surface area contributed by atoms with Crippen LogP contribution in [0.25, 0.3) is 10.8 Å². The molecule has 2 nitrogen and oxygen atoms in total. The number of aliphatic hydroxyl groups is 1. The van der Waals surface area contributed by atoms with Gasteiger partial charge in [-0.25, -0.2) is 0 Å². The summed E-state index contributed by atoms with van der Waals surface area (Å²) in [7, 11) is 0. The van der Waals surface area contributed by atoms with Crippen molar-refractivity contribution in [2.45, 2.75) is 19.1 Å². The third-order valence-electron chi connectivity index (χ3n) is 2.72. The summed E-state index contributed by atoms with van der Waals surface area (Å²) in [6.07, 6.45) is -0.627. The van der Waals surface area contributed by atoms with Crippen molar-refractivity contribution in [3.8, 4) is 0 Å². The summed E-state index contributed by atoms with van der Waals surface area (Å²) in [6, 6.07) is 11.6. The molecule has 0 bridgehead atoms. The van der Waals surface area contributed by atoms with Crippen LogP contribution >= 0.6 is 15.9 Å². The Labute approximate surface area is 103 Å². The Hall–Kier alpha value is -0.900. The molecule has 2 rings (SSSR count). The molecule has 0 aliphatic rings. The lowest BCUT2D eigenvalue weighted by molar-refractivity contribution is 0.155. The van der Waals surface area contributed by atoms with Crippen LogP contribution in [0.1, 0.15) is 18.6 Å². The highest BCUT2D eigenvalue weighted by atomic mass is 79.9. The predicted molar refractivity (Wildman–Crippen MR) is 70.3 cm³/mol. The van der Waals surface area contributed by atoms with E-state index in [2.05, 4.69) is 15.9 Å². The molecule has 0 radical (unpaired) electrons. The van der Waals surface area contributed by atoms with Crippen molar-refractivity contribution in [2.24, 2.45) is 5.73 Å².